The summed E-state index contributed by atoms with van der Waals surface area (Å²) in [7, 11) is 1.81. The second-order valence-electron chi connectivity index (χ2n) is 6.84. The number of nitrogens with zero attached hydrogens (tertiary/aromatic N) is 2. The van der Waals surface area contributed by atoms with Gasteiger partial charge in [-0.1, -0.05) is 0 Å². The van der Waals surface area contributed by atoms with Crippen molar-refractivity contribution in [1.82, 2.24) is 9.47 Å². The predicted molar refractivity (Wildman–Crippen MR) is 87.3 cm³/mol. The summed E-state index contributed by atoms with van der Waals surface area (Å²) < 4.78 is 21.0. The molecule has 3 heterocycles. The lowest BCUT2D eigenvalue weighted by Crippen LogP contribution is -2.58. The Kier molecular flexibility index (Phi) is 3.62. The van der Waals surface area contributed by atoms with Gasteiger partial charge < -0.3 is 19.3 Å². The van der Waals surface area contributed by atoms with Crippen LogP contribution in [-0.4, -0.2) is 51.9 Å². The van der Waals surface area contributed by atoms with E-state index in [-0.39, 0.29) is 11.7 Å². The molecule has 24 heavy (non-hydrogen) atoms. The van der Waals surface area contributed by atoms with Crippen LogP contribution >= 0.6 is 0 Å². The van der Waals surface area contributed by atoms with E-state index >= 15 is 0 Å². The quantitative estimate of drug-likeness (QED) is 0.870. The number of hydrogen-bond acceptors (Lipinski definition) is 3. The first-order valence-electron chi connectivity index (χ1n) is 8.36. The fourth-order valence-corrected chi connectivity index (χ4v) is 4.02. The molecule has 128 valence electrons. The Labute approximate surface area is 139 Å². The molecule has 2 saturated heterocycles. The molecule has 2 atom stereocenters. The number of halogens is 1. The van der Waals surface area contributed by atoms with Gasteiger partial charge in [-0.05, 0) is 43.5 Å². The number of benzene rings is 1. The third kappa shape index (κ3) is 2.32. The van der Waals surface area contributed by atoms with Gasteiger partial charge in [0, 0.05) is 31.1 Å². The molecule has 1 spiro atoms. The maximum Gasteiger partial charge on any atom is 0.270 e. The lowest BCUT2D eigenvalue weighted by molar-refractivity contribution is -0.124. The van der Waals surface area contributed by atoms with Crippen molar-refractivity contribution in [3.05, 3.63) is 35.8 Å². The molecule has 4 rings (SSSR count). The van der Waals surface area contributed by atoms with Crippen molar-refractivity contribution in [2.75, 3.05) is 19.7 Å². The first-order chi connectivity index (χ1) is 11.5. The van der Waals surface area contributed by atoms with Gasteiger partial charge in [0.1, 0.15) is 17.1 Å². The van der Waals surface area contributed by atoms with E-state index in [4.69, 9.17) is 4.74 Å². The first-order valence-corrected chi connectivity index (χ1v) is 8.36. The number of hydrogen-bond donors (Lipinski definition) is 1. The van der Waals surface area contributed by atoms with E-state index in [9.17, 15) is 14.3 Å². The van der Waals surface area contributed by atoms with Crippen molar-refractivity contribution in [3.63, 3.8) is 0 Å². The Morgan fingerprint density at radius 1 is 1.42 bits per heavy atom. The van der Waals surface area contributed by atoms with E-state index in [1.54, 1.807) is 21.6 Å². The molecule has 0 saturated carbocycles. The fraction of sp³-hybridized carbons (Fsp3) is 0.500. The van der Waals surface area contributed by atoms with Crippen molar-refractivity contribution in [2.24, 2.45) is 7.05 Å². The molecule has 2 fully saturated rings. The maximum atomic E-state index is 13.4. The number of amides is 1. The molecule has 2 aliphatic rings. The summed E-state index contributed by atoms with van der Waals surface area (Å²) in [6, 6.07) is 6.25. The Hall–Kier alpha value is -1.92. The molecule has 0 aliphatic carbocycles. The van der Waals surface area contributed by atoms with Gasteiger partial charge in [0.05, 0.1) is 12.6 Å². The third-order valence-corrected chi connectivity index (χ3v) is 5.38. The monoisotopic (exact) mass is 332 g/mol. The predicted octanol–water partition coefficient (Wildman–Crippen LogP) is 2.07. The van der Waals surface area contributed by atoms with Crippen LogP contribution in [0.2, 0.25) is 0 Å². The van der Waals surface area contributed by atoms with Crippen molar-refractivity contribution < 1.29 is 19.0 Å². The molecule has 1 amide bonds. The van der Waals surface area contributed by atoms with E-state index in [0.717, 1.165) is 18.4 Å². The van der Waals surface area contributed by atoms with Crippen molar-refractivity contribution in [1.29, 1.82) is 0 Å². The van der Waals surface area contributed by atoms with Gasteiger partial charge in [-0.25, -0.2) is 4.39 Å². The largest absolute Gasteiger partial charge is 0.390 e. The highest BCUT2D eigenvalue weighted by atomic mass is 19.1. The molecule has 5 nitrogen and oxygen atoms in total. The molecule has 1 aromatic carbocycles. The number of aliphatic hydroxyl groups excluding tert-OH is 1. The number of carbonyl (C=O) groups excluding carboxylic acids is 1. The van der Waals surface area contributed by atoms with E-state index in [1.165, 1.54) is 12.1 Å². The smallest absolute Gasteiger partial charge is 0.270 e. The lowest BCUT2D eigenvalue weighted by atomic mass is 9.87. The first kappa shape index (κ1) is 15.6. The molecule has 6 heteroatoms. The summed E-state index contributed by atoms with van der Waals surface area (Å²) in [5, 5.41) is 11.0. The van der Waals surface area contributed by atoms with E-state index in [1.807, 2.05) is 7.05 Å². The number of ether oxygens (including phenoxy) is 1. The highest BCUT2D eigenvalue weighted by Crippen LogP contribution is 2.35. The topological polar surface area (TPSA) is 54.7 Å². The SMILES string of the molecule is Cn1c(C(=O)N2CC[C@H](O)[C@]3(CCCO3)C2)cc2cc(F)ccc21. The second-order valence-corrected chi connectivity index (χ2v) is 6.84. The summed E-state index contributed by atoms with van der Waals surface area (Å²) in [4.78, 5) is 14.7. The van der Waals surface area contributed by atoms with E-state index in [2.05, 4.69) is 0 Å². The van der Waals surface area contributed by atoms with Crippen LogP contribution in [0, 0.1) is 5.82 Å². The Morgan fingerprint density at radius 3 is 3.00 bits per heavy atom. The number of carbonyl (C=O) groups is 1. The highest BCUT2D eigenvalue weighted by Gasteiger charge is 2.47. The van der Waals surface area contributed by atoms with Crippen LogP contribution in [-0.2, 0) is 11.8 Å². The minimum absolute atomic E-state index is 0.101. The number of aliphatic hydroxyl groups is 1. The van der Waals surface area contributed by atoms with Crippen LogP contribution in [0.15, 0.2) is 24.3 Å². The van der Waals surface area contributed by atoms with Gasteiger partial charge in [0.2, 0.25) is 0 Å². The van der Waals surface area contributed by atoms with Crippen LogP contribution < -0.4 is 0 Å². The van der Waals surface area contributed by atoms with Gasteiger partial charge in [-0.3, -0.25) is 4.79 Å². The average molecular weight is 332 g/mol. The van der Waals surface area contributed by atoms with Crippen molar-refractivity contribution in [2.45, 2.75) is 31.0 Å². The van der Waals surface area contributed by atoms with Crippen LogP contribution in [0.3, 0.4) is 0 Å². The lowest BCUT2D eigenvalue weighted by Gasteiger charge is -2.43. The molecular weight excluding hydrogens is 311 g/mol. The molecule has 0 bridgehead atoms. The zero-order valence-electron chi connectivity index (χ0n) is 13.7. The Bertz CT molecular complexity index is 795. The minimum atomic E-state index is -0.620. The minimum Gasteiger partial charge on any atom is -0.390 e. The van der Waals surface area contributed by atoms with Gasteiger partial charge in [0.25, 0.3) is 5.91 Å². The number of likely N-dealkylation sites (tertiary alicyclic amines) is 1. The molecule has 0 unspecified atom stereocenters. The van der Waals surface area contributed by atoms with Crippen LogP contribution in [0.5, 0.6) is 0 Å². The number of fused-ring (bicyclic) bond motifs is 1. The summed E-state index contributed by atoms with van der Waals surface area (Å²) in [5.74, 6) is -0.414. The van der Waals surface area contributed by atoms with Gasteiger partial charge in [-0.15, -0.1) is 0 Å². The summed E-state index contributed by atoms with van der Waals surface area (Å²) >= 11 is 0. The van der Waals surface area contributed by atoms with Gasteiger partial charge in [0.15, 0.2) is 0 Å². The van der Waals surface area contributed by atoms with Gasteiger partial charge in [-0.2, -0.15) is 0 Å². The molecule has 0 radical (unpaired) electrons. The number of rotatable bonds is 1. The third-order valence-electron chi connectivity index (χ3n) is 5.38. The molecule has 2 aromatic rings. The standard InChI is InChI=1S/C18H21FN2O3/c1-20-14-4-3-13(19)9-12(14)10-15(20)17(23)21-7-5-16(22)18(11-21)6-2-8-24-18/h3-4,9-10,16,22H,2,5-8,11H2,1H3/t16-,18-/m0/s1. The van der Waals surface area contributed by atoms with Crippen LogP contribution in [0.1, 0.15) is 29.8 Å². The molecule has 1 N–H and O–H groups in total. The average Bonchev–Trinajstić information content (AvgIpc) is 3.15. The highest BCUT2D eigenvalue weighted by molar-refractivity contribution is 5.98. The van der Waals surface area contributed by atoms with E-state index in [0.29, 0.717) is 37.2 Å². The normalized spacial score (nSPS) is 27.3. The number of aryl methyl sites for hydroxylation is 1. The van der Waals surface area contributed by atoms with Crippen LogP contribution in [0.25, 0.3) is 10.9 Å². The summed E-state index contributed by atoms with van der Waals surface area (Å²) in [6.45, 7) is 1.54. The van der Waals surface area contributed by atoms with Gasteiger partial charge >= 0.3 is 0 Å². The number of aromatic nitrogens is 1. The zero-order chi connectivity index (χ0) is 16.9. The molecule has 2 aliphatic heterocycles. The van der Waals surface area contributed by atoms with Crippen LogP contribution in [0.4, 0.5) is 4.39 Å². The molecular formula is C18H21FN2O3. The van der Waals surface area contributed by atoms with E-state index < -0.39 is 11.7 Å². The second kappa shape index (κ2) is 5.57. The summed E-state index contributed by atoms with van der Waals surface area (Å²) in [6.07, 6.45) is 1.68. The Balaban J connectivity index is 1.65. The fourth-order valence-electron chi connectivity index (χ4n) is 4.02. The number of piperidine rings is 1. The molecule has 1 aromatic heterocycles. The Morgan fingerprint density at radius 2 is 2.25 bits per heavy atom. The van der Waals surface area contributed by atoms with Crippen molar-refractivity contribution >= 4 is 16.8 Å². The van der Waals surface area contributed by atoms with Crippen molar-refractivity contribution in [3.8, 4) is 0 Å². The summed E-state index contributed by atoms with van der Waals surface area (Å²) in [5.41, 5.74) is 0.730. The maximum absolute atomic E-state index is 13.4. The zero-order valence-corrected chi connectivity index (χ0v) is 13.7.